The van der Waals surface area contributed by atoms with Gasteiger partial charge in [0, 0.05) is 0 Å². The number of rotatable bonds is 19. The van der Waals surface area contributed by atoms with E-state index in [-0.39, 0.29) is 6.61 Å². The summed E-state index contributed by atoms with van der Waals surface area (Å²) >= 11 is 0. The second-order valence-electron chi connectivity index (χ2n) is 10.4. The predicted octanol–water partition coefficient (Wildman–Crippen LogP) is 7.71. The lowest BCUT2D eigenvalue weighted by Crippen LogP contribution is -2.47. The molecule has 35 heavy (non-hydrogen) atoms. The van der Waals surface area contributed by atoms with Crippen LogP contribution in [0.4, 0.5) is 4.79 Å². The standard InChI is InChI=1S/C30H51NO4/c1-5-6-7-8-9-10-11-12-13-14-15-16-20-23-28(34-25-26-21-18-17-19-22-26)27(24-32)31-29(33)35-30(2,3)4/h17-23,27-28,32H,5-16,24-25H2,1-4H3,(H,31,33)/b23-20+/t27-,28+/m0/s1. The van der Waals surface area contributed by atoms with Crippen LogP contribution in [0.25, 0.3) is 0 Å². The quantitative estimate of drug-likeness (QED) is 0.154. The fourth-order valence-corrected chi connectivity index (χ4v) is 3.92. The molecule has 0 radical (unpaired) electrons. The minimum absolute atomic E-state index is 0.235. The highest BCUT2D eigenvalue weighted by atomic mass is 16.6. The third-order valence-electron chi connectivity index (χ3n) is 5.88. The molecule has 2 N–H and O–H groups in total. The van der Waals surface area contributed by atoms with E-state index in [0.29, 0.717) is 6.61 Å². The van der Waals surface area contributed by atoms with Gasteiger partial charge in [-0.3, -0.25) is 0 Å². The molecule has 5 heteroatoms. The second-order valence-corrected chi connectivity index (χ2v) is 10.4. The molecule has 0 aromatic heterocycles. The number of allylic oxidation sites excluding steroid dienone is 1. The van der Waals surface area contributed by atoms with Crippen LogP contribution in [0.1, 0.15) is 110 Å². The van der Waals surface area contributed by atoms with Gasteiger partial charge in [-0.05, 0) is 39.2 Å². The number of unbranched alkanes of at least 4 members (excludes halogenated alkanes) is 11. The molecule has 0 saturated carbocycles. The second kappa shape index (κ2) is 19.4. The summed E-state index contributed by atoms with van der Waals surface area (Å²) in [6.45, 7) is 7.88. The lowest BCUT2D eigenvalue weighted by molar-refractivity contribution is 0.0148. The first-order valence-corrected chi connectivity index (χ1v) is 13.8. The number of alkyl carbamates (subject to hydrolysis) is 1. The van der Waals surface area contributed by atoms with Gasteiger partial charge in [-0.1, -0.05) is 114 Å². The minimum Gasteiger partial charge on any atom is -0.444 e. The molecule has 0 aliphatic rings. The third kappa shape index (κ3) is 17.3. The van der Waals surface area contributed by atoms with E-state index in [1.807, 2.05) is 57.2 Å². The van der Waals surface area contributed by atoms with E-state index in [4.69, 9.17) is 9.47 Å². The lowest BCUT2D eigenvalue weighted by Gasteiger charge is -2.27. The zero-order valence-corrected chi connectivity index (χ0v) is 22.8. The van der Waals surface area contributed by atoms with Crippen molar-refractivity contribution < 1.29 is 19.4 Å². The van der Waals surface area contributed by atoms with Crippen LogP contribution in [0, 0.1) is 0 Å². The first-order chi connectivity index (χ1) is 16.9. The van der Waals surface area contributed by atoms with Crippen molar-refractivity contribution in [1.82, 2.24) is 5.32 Å². The number of ether oxygens (including phenoxy) is 2. The molecule has 0 saturated heterocycles. The number of aliphatic hydroxyl groups excluding tert-OH is 1. The van der Waals surface area contributed by atoms with Crippen LogP contribution in [-0.2, 0) is 16.1 Å². The van der Waals surface area contributed by atoms with E-state index in [9.17, 15) is 9.90 Å². The van der Waals surface area contributed by atoms with Crippen molar-refractivity contribution in [2.75, 3.05) is 6.61 Å². The molecule has 5 nitrogen and oxygen atoms in total. The van der Waals surface area contributed by atoms with Crippen LogP contribution >= 0.6 is 0 Å². The molecular weight excluding hydrogens is 438 g/mol. The van der Waals surface area contributed by atoms with Crippen molar-refractivity contribution in [2.45, 2.75) is 129 Å². The Balaban J connectivity index is 2.44. The van der Waals surface area contributed by atoms with E-state index < -0.39 is 23.8 Å². The van der Waals surface area contributed by atoms with E-state index >= 15 is 0 Å². The average molecular weight is 490 g/mol. The highest BCUT2D eigenvalue weighted by Gasteiger charge is 2.24. The summed E-state index contributed by atoms with van der Waals surface area (Å²) in [5.41, 5.74) is 0.445. The van der Waals surface area contributed by atoms with Crippen LogP contribution in [0.3, 0.4) is 0 Å². The normalized spacial score (nSPS) is 13.6. The number of benzene rings is 1. The van der Waals surface area contributed by atoms with Crippen molar-refractivity contribution in [1.29, 1.82) is 0 Å². The summed E-state index contributed by atoms with van der Waals surface area (Å²) in [6.07, 6.45) is 18.6. The third-order valence-corrected chi connectivity index (χ3v) is 5.88. The van der Waals surface area contributed by atoms with E-state index in [2.05, 4.69) is 18.3 Å². The molecule has 2 atom stereocenters. The highest BCUT2D eigenvalue weighted by Crippen LogP contribution is 2.14. The zero-order valence-electron chi connectivity index (χ0n) is 22.8. The van der Waals surface area contributed by atoms with Crippen LogP contribution in [0.15, 0.2) is 42.5 Å². The monoisotopic (exact) mass is 489 g/mol. The zero-order chi connectivity index (χ0) is 25.8. The number of hydrogen-bond acceptors (Lipinski definition) is 4. The number of nitrogens with one attached hydrogen (secondary N) is 1. The Kier molecular flexibility index (Phi) is 17.2. The van der Waals surface area contributed by atoms with Crippen molar-refractivity contribution in [3.05, 3.63) is 48.0 Å². The molecule has 0 heterocycles. The van der Waals surface area contributed by atoms with Gasteiger partial charge in [-0.15, -0.1) is 0 Å². The van der Waals surface area contributed by atoms with Crippen LogP contribution in [0.2, 0.25) is 0 Å². The number of carbonyl (C=O) groups excluding carboxylic acids is 1. The molecule has 0 bridgehead atoms. The summed E-state index contributed by atoms with van der Waals surface area (Å²) < 4.78 is 11.5. The van der Waals surface area contributed by atoms with Gasteiger partial charge in [0.25, 0.3) is 0 Å². The van der Waals surface area contributed by atoms with Gasteiger partial charge >= 0.3 is 6.09 Å². The predicted molar refractivity (Wildman–Crippen MR) is 145 cm³/mol. The van der Waals surface area contributed by atoms with Gasteiger partial charge in [0.05, 0.1) is 25.4 Å². The molecule has 1 amide bonds. The van der Waals surface area contributed by atoms with E-state index in [1.165, 1.54) is 64.2 Å². The van der Waals surface area contributed by atoms with Gasteiger partial charge in [0.1, 0.15) is 5.60 Å². The Labute approximate surface area is 214 Å². The molecule has 1 rings (SSSR count). The van der Waals surface area contributed by atoms with Crippen molar-refractivity contribution in [3.8, 4) is 0 Å². The summed E-state index contributed by atoms with van der Waals surface area (Å²) in [5, 5.41) is 12.7. The fourth-order valence-electron chi connectivity index (χ4n) is 3.92. The van der Waals surface area contributed by atoms with E-state index in [0.717, 1.165) is 18.4 Å². The molecule has 0 aliphatic heterocycles. The molecular formula is C30H51NO4. The van der Waals surface area contributed by atoms with Crippen molar-refractivity contribution in [3.63, 3.8) is 0 Å². The number of aliphatic hydroxyl groups is 1. The van der Waals surface area contributed by atoms with Gasteiger partial charge in [-0.25, -0.2) is 4.79 Å². The van der Waals surface area contributed by atoms with Crippen LogP contribution in [-0.4, -0.2) is 35.6 Å². The number of amides is 1. The lowest BCUT2D eigenvalue weighted by atomic mass is 10.0. The Bertz CT molecular complexity index is 669. The minimum atomic E-state index is -0.602. The largest absolute Gasteiger partial charge is 0.444 e. The molecule has 1 aromatic rings. The fraction of sp³-hybridized carbons (Fsp3) is 0.700. The molecule has 0 spiro atoms. The van der Waals surface area contributed by atoms with E-state index in [1.54, 1.807) is 0 Å². The highest BCUT2D eigenvalue weighted by molar-refractivity contribution is 5.68. The Morgan fingerprint density at radius 3 is 2.06 bits per heavy atom. The molecule has 1 aromatic carbocycles. The SMILES string of the molecule is CCCCCCCCCCCCC/C=C/[C@@H](OCc1ccccc1)[C@H](CO)NC(=O)OC(C)(C)C. The van der Waals surface area contributed by atoms with Gasteiger partial charge < -0.3 is 19.9 Å². The molecule has 0 fully saturated rings. The maximum Gasteiger partial charge on any atom is 0.408 e. The first-order valence-electron chi connectivity index (χ1n) is 13.8. The summed E-state index contributed by atoms with van der Waals surface area (Å²) in [6, 6.07) is 9.33. The smallest absolute Gasteiger partial charge is 0.408 e. The Hall–Kier alpha value is -1.85. The van der Waals surface area contributed by atoms with Gasteiger partial charge in [-0.2, -0.15) is 0 Å². The van der Waals surface area contributed by atoms with Gasteiger partial charge in [0.15, 0.2) is 0 Å². The van der Waals surface area contributed by atoms with Crippen LogP contribution < -0.4 is 5.32 Å². The van der Waals surface area contributed by atoms with Crippen molar-refractivity contribution >= 4 is 6.09 Å². The molecule has 0 unspecified atom stereocenters. The topological polar surface area (TPSA) is 67.8 Å². The summed E-state index contributed by atoms with van der Waals surface area (Å²) in [4.78, 5) is 12.3. The summed E-state index contributed by atoms with van der Waals surface area (Å²) in [7, 11) is 0. The van der Waals surface area contributed by atoms with Crippen molar-refractivity contribution in [2.24, 2.45) is 0 Å². The maximum atomic E-state index is 12.3. The van der Waals surface area contributed by atoms with Crippen LogP contribution in [0.5, 0.6) is 0 Å². The Morgan fingerprint density at radius 1 is 0.943 bits per heavy atom. The number of carbonyl (C=O) groups is 1. The molecule has 0 aliphatic carbocycles. The number of hydrogen-bond donors (Lipinski definition) is 2. The average Bonchev–Trinajstić information content (AvgIpc) is 2.82. The Morgan fingerprint density at radius 2 is 1.51 bits per heavy atom. The molecule has 200 valence electrons. The maximum absolute atomic E-state index is 12.3. The van der Waals surface area contributed by atoms with Gasteiger partial charge in [0.2, 0.25) is 0 Å². The summed E-state index contributed by atoms with van der Waals surface area (Å²) in [5.74, 6) is 0. The first kappa shape index (κ1) is 31.2.